The average molecular weight is 319 g/mol. The number of ether oxygens (including phenoxy) is 1. The molecular formula is C15H23ClO3S. The van der Waals surface area contributed by atoms with Gasteiger partial charge in [0.05, 0.1) is 12.4 Å². The summed E-state index contributed by atoms with van der Waals surface area (Å²) in [5, 5.41) is 0. The first-order valence-corrected chi connectivity index (χ1v) is 9.41. The summed E-state index contributed by atoms with van der Waals surface area (Å²) < 4.78 is 27.4. The van der Waals surface area contributed by atoms with Crippen molar-refractivity contribution in [2.75, 3.05) is 12.4 Å². The monoisotopic (exact) mass is 318 g/mol. The quantitative estimate of drug-likeness (QED) is 0.675. The first kappa shape index (κ1) is 17.3. The van der Waals surface area contributed by atoms with E-state index < -0.39 is 9.05 Å². The molecule has 0 aromatic heterocycles. The van der Waals surface area contributed by atoms with E-state index in [1.807, 2.05) is 19.1 Å². The number of hydrogen-bond acceptors (Lipinski definition) is 3. The summed E-state index contributed by atoms with van der Waals surface area (Å²) in [6.07, 6.45) is 1.39. The maximum absolute atomic E-state index is 10.9. The summed E-state index contributed by atoms with van der Waals surface area (Å²) in [6.45, 7) is 6.91. The van der Waals surface area contributed by atoms with Gasteiger partial charge in [0.2, 0.25) is 9.05 Å². The molecule has 0 amide bonds. The summed E-state index contributed by atoms with van der Waals surface area (Å²) in [6, 6.07) is 8.10. The minimum Gasteiger partial charge on any atom is -0.494 e. The van der Waals surface area contributed by atoms with Gasteiger partial charge in [-0.25, -0.2) is 8.42 Å². The number of rotatable bonds is 8. The van der Waals surface area contributed by atoms with Crippen molar-refractivity contribution in [3.63, 3.8) is 0 Å². The molecule has 0 aliphatic carbocycles. The fourth-order valence-corrected chi connectivity index (χ4v) is 2.76. The van der Waals surface area contributed by atoms with Gasteiger partial charge in [0.15, 0.2) is 0 Å². The van der Waals surface area contributed by atoms with E-state index in [4.69, 9.17) is 15.4 Å². The highest BCUT2D eigenvalue weighted by atomic mass is 35.7. The molecule has 0 fully saturated rings. The zero-order valence-corrected chi connectivity index (χ0v) is 13.9. The molecule has 5 heteroatoms. The van der Waals surface area contributed by atoms with Crippen LogP contribution in [0.4, 0.5) is 0 Å². The second kappa shape index (κ2) is 7.89. The highest BCUT2D eigenvalue weighted by Crippen LogP contribution is 2.19. The summed E-state index contributed by atoms with van der Waals surface area (Å²) in [5.74, 6) is 1.67. The molecule has 0 saturated carbocycles. The zero-order chi connectivity index (χ0) is 15.2. The maximum Gasteiger partial charge on any atom is 0.232 e. The van der Waals surface area contributed by atoms with Gasteiger partial charge in [-0.2, -0.15) is 0 Å². The molecule has 3 nitrogen and oxygen atoms in total. The Morgan fingerprint density at radius 1 is 1.10 bits per heavy atom. The van der Waals surface area contributed by atoms with Gasteiger partial charge < -0.3 is 4.74 Å². The number of halogens is 1. The molecule has 0 aliphatic rings. The van der Waals surface area contributed by atoms with Crippen molar-refractivity contribution in [2.45, 2.75) is 39.5 Å². The topological polar surface area (TPSA) is 43.4 Å². The van der Waals surface area contributed by atoms with Crippen LogP contribution in [0.2, 0.25) is 0 Å². The van der Waals surface area contributed by atoms with E-state index in [-0.39, 0.29) is 11.7 Å². The molecule has 0 radical (unpaired) electrons. The maximum atomic E-state index is 10.9. The molecule has 0 heterocycles. The van der Waals surface area contributed by atoms with Crippen molar-refractivity contribution >= 4 is 19.7 Å². The second-order valence-electron chi connectivity index (χ2n) is 5.50. The fourth-order valence-electron chi connectivity index (χ4n) is 1.81. The standard InChI is InChI=1S/C15H23ClO3S/c1-12(2)14-4-6-15(7-5-14)19-10-8-13(3)9-11-20(16,17)18/h4-7,12-13H,8-11H2,1-3H3. The molecule has 114 valence electrons. The normalized spacial score (nSPS) is 13.4. The van der Waals surface area contributed by atoms with Crippen LogP contribution in [-0.4, -0.2) is 20.8 Å². The lowest BCUT2D eigenvalue weighted by molar-refractivity contribution is 0.282. The van der Waals surface area contributed by atoms with Crippen LogP contribution in [0.5, 0.6) is 5.75 Å². The van der Waals surface area contributed by atoms with E-state index in [0.717, 1.165) is 12.2 Å². The van der Waals surface area contributed by atoms with Crippen molar-refractivity contribution < 1.29 is 13.2 Å². The number of benzene rings is 1. The van der Waals surface area contributed by atoms with Gasteiger partial charge in [-0.15, -0.1) is 0 Å². The van der Waals surface area contributed by atoms with Crippen LogP contribution in [0.1, 0.15) is 45.1 Å². The first-order valence-electron chi connectivity index (χ1n) is 6.93. The van der Waals surface area contributed by atoms with E-state index in [0.29, 0.717) is 18.9 Å². The summed E-state index contributed by atoms with van der Waals surface area (Å²) in [4.78, 5) is 0. The zero-order valence-electron chi connectivity index (χ0n) is 12.3. The number of hydrogen-bond donors (Lipinski definition) is 0. The molecular weight excluding hydrogens is 296 g/mol. The molecule has 0 aliphatic heterocycles. The van der Waals surface area contributed by atoms with Crippen LogP contribution in [0.25, 0.3) is 0 Å². The predicted molar refractivity (Wildman–Crippen MR) is 84.1 cm³/mol. The minimum absolute atomic E-state index is 0.0266. The van der Waals surface area contributed by atoms with E-state index in [1.54, 1.807) is 0 Å². The molecule has 20 heavy (non-hydrogen) atoms. The molecule has 1 rings (SSSR count). The van der Waals surface area contributed by atoms with E-state index in [9.17, 15) is 8.42 Å². The summed E-state index contributed by atoms with van der Waals surface area (Å²) in [7, 11) is 1.81. The van der Waals surface area contributed by atoms with Crippen molar-refractivity contribution in [1.29, 1.82) is 0 Å². The Labute approximate surface area is 126 Å². The predicted octanol–water partition coefficient (Wildman–Crippen LogP) is 4.17. The molecule has 0 saturated heterocycles. The van der Waals surface area contributed by atoms with Crippen LogP contribution < -0.4 is 4.74 Å². The van der Waals surface area contributed by atoms with Gasteiger partial charge in [-0.05, 0) is 42.4 Å². The van der Waals surface area contributed by atoms with Gasteiger partial charge in [-0.1, -0.05) is 32.9 Å². The van der Waals surface area contributed by atoms with E-state index in [1.165, 1.54) is 5.56 Å². The Morgan fingerprint density at radius 2 is 1.70 bits per heavy atom. The third-order valence-corrected chi connectivity index (χ3v) is 4.47. The Balaban J connectivity index is 2.30. The van der Waals surface area contributed by atoms with Crippen molar-refractivity contribution in [3.8, 4) is 5.75 Å². The third-order valence-electron chi connectivity index (χ3n) is 3.28. The second-order valence-corrected chi connectivity index (χ2v) is 8.39. The molecule has 1 aromatic carbocycles. The SMILES string of the molecule is CC(CCOc1ccc(C(C)C)cc1)CCS(=O)(=O)Cl. The molecule has 1 atom stereocenters. The highest BCUT2D eigenvalue weighted by molar-refractivity contribution is 8.13. The summed E-state index contributed by atoms with van der Waals surface area (Å²) in [5.41, 5.74) is 1.29. The minimum atomic E-state index is -3.38. The van der Waals surface area contributed by atoms with Crippen LogP contribution >= 0.6 is 10.7 Å². The Morgan fingerprint density at radius 3 is 2.20 bits per heavy atom. The lowest BCUT2D eigenvalue weighted by atomic mass is 10.0. The van der Waals surface area contributed by atoms with Crippen LogP contribution in [0.3, 0.4) is 0 Å². The van der Waals surface area contributed by atoms with Gasteiger partial charge in [0.1, 0.15) is 5.75 Å². The van der Waals surface area contributed by atoms with Gasteiger partial charge in [0.25, 0.3) is 0 Å². The first-order chi connectivity index (χ1) is 9.28. The molecule has 0 N–H and O–H groups in total. The Bertz CT molecular complexity index is 494. The van der Waals surface area contributed by atoms with E-state index in [2.05, 4.69) is 26.0 Å². The highest BCUT2D eigenvalue weighted by Gasteiger charge is 2.10. The largest absolute Gasteiger partial charge is 0.494 e. The molecule has 0 bridgehead atoms. The van der Waals surface area contributed by atoms with Crippen LogP contribution in [0.15, 0.2) is 24.3 Å². The lowest BCUT2D eigenvalue weighted by Gasteiger charge is -2.12. The van der Waals surface area contributed by atoms with Crippen molar-refractivity contribution in [2.24, 2.45) is 5.92 Å². The van der Waals surface area contributed by atoms with Crippen molar-refractivity contribution in [3.05, 3.63) is 29.8 Å². The van der Waals surface area contributed by atoms with Gasteiger partial charge >= 0.3 is 0 Å². The van der Waals surface area contributed by atoms with E-state index >= 15 is 0 Å². The Hall–Kier alpha value is -0.740. The van der Waals surface area contributed by atoms with Gasteiger partial charge in [-0.3, -0.25) is 0 Å². The molecule has 1 aromatic rings. The smallest absolute Gasteiger partial charge is 0.232 e. The lowest BCUT2D eigenvalue weighted by Crippen LogP contribution is -2.08. The Kier molecular flexibility index (Phi) is 6.83. The molecule has 0 spiro atoms. The summed E-state index contributed by atoms with van der Waals surface area (Å²) >= 11 is 0. The van der Waals surface area contributed by atoms with Crippen molar-refractivity contribution in [1.82, 2.24) is 0 Å². The fraction of sp³-hybridized carbons (Fsp3) is 0.600. The average Bonchev–Trinajstić information content (AvgIpc) is 2.36. The molecule has 1 unspecified atom stereocenters. The third kappa shape index (κ3) is 7.15. The van der Waals surface area contributed by atoms with Crippen LogP contribution in [-0.2, 0) is 9.05 Å². The van der Waals surface area contributed by atoms with Gasteiger partial charge in [0, 0.05) is 10.7 Å². The van der Waals surface area contributed by atoms with Crippen LogP contribution in [0, 0.1) is 5.92 Å².